The maximum Gasteiger partial charge on any atom is 0.332 e. The minimum atomic E-state index is -1.15. The van der Waals surface area contributed by atoms with Crippen molar-refractivity contribution in [3.05, 3.63) is 33.8 Å². The lowest BCUT2D eigenvalue weighted by Gasteiger charge is -2.07. The van der Waals surface area contributed by atoms with Crippen molar-refractivity contribution in [3.8, 4) is 0 Å². The largest absolute Gasteiger partial charge is 0.479 e. The number of benzene rings is 1. The van der Waals surface area contributed by atoms with E-state index in [2.05, 4.69) is 26.2 Å². The highest BCUT2D eigenvalue weighted by Crippen LogP contribution is 2.19. The molecule has 0 radical (unpaired) electrons. The zero-order chi connectivity index (χ0) is 12.1. The van der Waals surface area contributed by atoms with Gasteiger partial charge in [0.25, 0.3) is 5.91 Å². The fraction of sp³-hybridized carbons (Fsp3) is 0.200. The monoisotopic (exact) mass is 287 g/mol. The van der Waals surface area contributed by atoms with Crippen molar-refractivity contribution in [1.82, 2.24) is 5.48 Å². The summed E-state index contributed by atoms with van der Waals surface area (Å²) in [4.78, 5) is 26.2. The van der Waals surface area contributed by atoms with Gasteiger partial charge in [0.15, 0.2) is 6.61 Å². The van der Waals surface area contributed by atoms with Crippen molar-refractivity contribution in [2.75, 3.05) is 6.61 Å². The Hall–Kier alpha value is -1.40. The maximum atomic E-state index is 11.5. The van der Waals surface area contributed by atoms with Crippen LogP contribution < -0.4 is 5.48 Å². The fourth-order valence-corrected chi connectivity index (χ4v) is 1.44. The molecule has 0 atom stereocenters. The molecule has 0 bridgehead atoms. The lowest BCUT2D eigenvalue weighted by atomic mass is 10.1. The first kappa shape index (κ1) is 12.7. The number of hydroxylamine groups is 1. The summed E-state index contributed by atoms with van der Waals surface area (Å²) in [5.74, 6) is -1.62. The van der Waals surface area contributed by atoms with Gasteiger partial charge in [-0.2, -0.15) is 0 Å². The first-order valence-corrected chi connectivity index (χ1v) is 5.20. The third kappa shape index (κ3) is 3.32. The SMILES string of the molecule is Cc1c(Br)cccc1C(=O)NOCC(=O)O. The third-order valence-corrected chi connectivity index (χ3v) is 2.73. The van der Waals surface area contributed by atoms with Crippen molar-refractivity contribution in [1.29, 1.82) is 0 Å². The second-order valence-electron chi connectivity index (χ2n) is 3.03. The first-order valence-electron chi connectivity index (χ1n) is 4.41. The molecule has 0 unspecified atom stereocenters. The number of hydrogen-bond acceptors (Lipinski definition) is 3. The van der Waals surface area contributed by atoms with Gasteiger partial charge in [0.05, 0.1) is 0 Å². The molecule has 0 saturated carbocycles. The molecule has 5 nitrogen and oxygen atoms in total. The minimum Gasteiger partial charge on any atom is -0.479 e. The van der Waals surface area contributed by atoms with Crippen LogP contribution in [-0.4, -0.2) is 23.6 Å². The van der Waals surface area contributed by atoms with Gasteiger partial charge < -0.3 is 5.11 Å². The maximum absolute atomic E-state index is 11.5. The standard InChI is InChI=1S/C10H10BrNO4/c1-6-7(3-2-4-8(6)11)10(15)12-16-5-9(13)14/h2-4H,5H2,1H3,(H,12,15)(H,13,14). The lowest BCUT2D eigenvalue weighted by molar-refractivity contribution is -0.144. The zero-order valence-corrected chi connectivity index (χ0v) is 10.1. The van der Waals surface area contributed by atoms with E-state index in [9.17, 15) is 9.59 Å². The molecule has 1 aromatic carbocycles. The topological polar surface area (TPSA) is 75.6 Å². The molecule has 6 heteroatoms. The van der Waals surface area contributed by atoms with Crippen LogP contribution in [0.4, 0.5) is 0 Å². The molecule has 86 valence electrons. The summed E-state index contributed by atoms with van der Waals surface area (Å²) in [6.45, 7) is 1.20. The summed E-state index contributed by atoms with van der Waals surface area (Å²) in [7, 11) is 0. The van der Waals surface area contributed by atoms with Gasteiger partial charge in [-0.25, -0.2) is 10.3 Å². The molecule has 16 heavy (non-hydrogen) atoms. The van der Waals surface area contributed by atoms with Crippen molar-refractivity contribution < 1.29 is 19.5 Å². The van der Waals surface area contributed by atoms with Crippen LogP contribution in [0.2, 0.25) is 0 Å². The highest BCUT2D eigenvalue weighted by Gasteiger charge is 2.10. The van der Waals surface area contributed by atoms with Crippen molar-refractivity contribution in [2.24, 2.45) is 0 Å². The number of rotatable bonds is 4. The zero-order valence-electron chi connectivity index (χ0n) is 8.49. The van der Waals surface area contributed by atoms with Crippen molar-refractivity contribution in [2.45, 2.75) is 6.92 Å². The van der Waals surface area contributed by atoms with E-state index in [1.807, 2.05) is 6.07 Å². The lowest BCUT2D eigenvalue weighted by Crippen LogP contribution is -2.27. The van der Waals surface area contributed by atoms with Gasteiger partial charge in [-0.05, 0) is 24.6 Å². The Balaban J connectivity index is 2.66. The molecule has 1 rings (SSSR count). The van der Waals surface area contributed by atoms with E-state index in [1.165, 1.54) is 0 Å². The number of amides is 1. The molecule has 0 saturated heterocycles. The van der Waals surface area contributed by atoms with E-state index in [0.717, 1.165) is 10.0 Å². The highest BCUT2D eigenvalue weighted by atomic mass is 79.9. The van der Waals surface area contributed by atoms with Crippen LogP contribution >= 0.6 is 15.9 Å². The number of carboxylic acids is 1. The molecule has 0 aliphatic rings. The molecule has 1 aromatic rings. The smallest absolute Gasteiger partial charge is 0.332 e. The molecular weight excluding hydrogens is 278 g/mol. The number of aliphatic carboxylic acids is 1. The Morgan fingerprint density at radius 1 is 1.50 bits per heavy atom. The number of halogens is 1. The molecule has 0 aliphatic carbocycles. The third-order valence-electron chi connectivity index (χ3n) is 1.87. The normalized spacial score (nSPS) is 9.88. The van der Waals surface area contributed by atoms with Crippen LogP contribution in [-0.2, 0) is 9.63 Å². The van der Waals surface area contributed by atoms with Crippen LogP contribution in [0.25, 0.3) is 0 Å². The molecular formula is C10H10BrNO4. The number of carbonyl (C=O) groups excluding carboxylic acids is 1. The number of carbonyl (C=O) groups is 2. The number of carboxylic acid groups (broad SMARTS) is 1. The first-order chi connectivity index (χ1) is 7.52. The van der Waals surface area contributed by atoms with Gasteiger partial charge in [-0.3, -0.25) is 9.63 Å². The Bertz CT molecular complexity index is 419. The quantitative estimate of drug-likeness (QED) is 0.823. The van der Waals surface area contributed by atoms with Crippen molar-refractivity contribution >= 4 is 27.8 Å². The Morgan fingerprint density at radius 2 is 2.19 bits per heavy atom. The Morgan fingerprint density at radius 3 is 2.81 bits per heavy atom. The molecule has 0 fully saturated rings. The highest BCUT2D eigenvalue weighted by molar-refractivity contribution is 9.10. The van der Waals surface area contributed by atoms with Gasteiger partial charge in [0.1, 0.15) is 0 Å². The number of hydrogen-bond donors (Lipinski definition) is 2. The average Bonchev–Trinajstić information content (AvgIpc) is 2.21. The summed E-state index contributed by atoms with van der Waals surface area (Å²) in [6, 6.07) is 5.15. The molecule has 2 N–H and O–H groups in total. The van der Waals surface area contributed by atoms with Crippen molar-refractivity contribution in [3.63, 3.8) is 0 Å². The van der Waals surface area contributed by atoms with Crippen LogP contribution in [0, 0.1) is 6.92 Å². The molecule has 0 aromatic heterocycles. The second-order valence-corrected chi connectivity index (χ2v) is 3.88. The van der Waals surface area contributed by atoms with Gasteiger partial charge in [-0.1, -0.05) is 22.0 Å². The molecule has 1 amide bonds. The van der Waals surface area contributed by atoms with Crippen LogP contribution in [0.1, 0.15) is 15.9 Å². The molecule has 0 spiro atoms. The predicted molar refractivity (Wildman–Crippen MR) is 59.9 cm³/mol. The number of nitrogens with one attached hydrogen (secondary N) is 1. The van der Waals surface area contributed by atoms with E-state index in [-0.39, 0.29) is 0 Å². The predicted octanol–water partition coefficient (Wildman–Crippen LogP) is 1.50. The molecule has 0 aliphatic heterocycles. The average molecular weight is 288 g/mol. The fourth-order valence-electron chi connectivity index (χ4n) is 1.07. The Kier molecular flexibility index (Phi) is 4.45. The van der Waals surface area contributed by atoms with Gasteiger partial charge >= 0.3 is 5.97 Å². The van der Waals surface area contributed by atoms with Gasteiger partial charge in [0, 0.05) is 10.0 Å². The van der Waals surface area contributed by atoms with Crippen LogP contribution in [0.3, 0.4) is 0 Å². The minimum absolute atomic E-state index is 0.430. The van der Waals surface area contributed by atoms with Crippen LogP contribution in [0.15, 0.2) is 22.7 Å². The molecule has 0 heterocycles. The van der Waals surface area contributed by atoms with E-state index in [1.54, 1.807) is 19.1 Å². The van der Waals surface area contributed by atoms with E-state index < -0.39 is 18.5 Å². The Labute approximate surface area is 100 Å². The summed E-state index contributed by atoms with van der Waals surface area (Å²) in [5.41, 5.74) is 3.25. The second kappa shape index (κ2) is 5.62. The van der Waals surface area contributed by atoms with E-state index in [0.29, 0.717) is 5.56 Å². The van der Waals surface area contributed by atoms with Gasteiger partial charge in [-0.15, -0.1) is 0 Å². The summed E-state index contributed by atoms with van der Waals surface area (Å²) < 4.78 is 0.804. The van der Waals surface area contributed by atoms with Crippen LogP contribution in [0.5, 0.6) is 0 Å². The summed E-state index contributed by atoms with van der Waals surface area (Å²) in [6.07, 6.45) is 0. The summed E-state index contributed by atoms with van der Waals surface area (Å²) >= 11 is 3.29. The van der Waals surface area contributed by atoms with Gasteiger partial charge in [0.2, 0.25) is 0 Å². The van der Waals surface area contributed by atoms with E-state index in [4.69, 9.17) is 5.11 Å². The summed E-state index contributed by atoms with van der Waals surface area (Å²) in [5, 5.41) is 8.31. The van der Waals surface area contributed by atoms with E-state index >= 15 is 0 Å².